The highest BCUT2D eigenvalue weighted by atomic mass is 16.5. The van der Waals surface area contributed by atoms with Crippen LogP contribution in [0.2, 0.25) is 0 Å². The monoisotopic (exact) mass is 240 g/mol. The number of hydrogen-bond donors (Lipinski definition) is 1. The molecule has 0 aromatic carbocycles. The molecule has 6 heteroatoms. The average Bonchev–Trinajstić information content (AvgIpc) is 2.63. The van der Waals surface area contributed by atoms with Crippen molar-refractivity contribution < 1.29 is 19.4 Å². The number of hydrogen-bond acceptors (Lipinski definition) is 4. The average molecular weight is 240 g/mol. The van der Waals surface area contributed by atoms with E-state index in [0.717, 1.165) is 0 Å². The summed E-state index contributed by atoms with van der Waals surface area (Å²) in [4.78, 5) is 22.3. The van der Waals surface area contributed by atoms with E-state index in [4.69, 9.17) is 9.84 Å². The lowest BCUT2D eigenvalue weighted by Crippen LogP contribution is -2.20. The standard InChI is InChI=1S/C11H16N2O4/c1-11(2,3)5-7-17-9(14)8-4-6-12-13(8)10(15)16/h4,6H,5,7H2,1-3H3,(H,15,16). The minimum Gasteiger partial charge on any atom is -0.463 e. The Morgan fingerprint density at radius 3 is 2.65 bits per heavy atom. The first-order valence-corrected chi connectivity index (χ1v) is 5.26. The summed E-state index contributed by atoms with van der Waals surface area (Å²) in [7, 11) is 0. The first kappa shape index (κ1) is 13.2. The van der Waals surface area contributed by atoms with Gasteiger partial charge in [-0.15, -0.1) is 0 Å². The summed E-state index contributed by atoms with van der Waals surface area (Å²) in [6.45, 7) is 6.35. The molecule has 1 heterocycles. The summed E-state index contributed by atoms with van der Waals surface area (Å²) in [5, 5.41) is 12.3. The van der Waals surface area contributed by atoms with Crippen LogP contribution in [-0.4, -0.2) is 33.6 Å². The van der Waals surface area contributed by atoms with Crippen molar-refractivity contribution in [2.45, 2.75) is 27.2 Å². The molecule has 17 heavy (non-hydrogen) atoms. The molecule has 0 bridgehead atoms. The Bertz CT molecular complexity index is 417. The topological polar surface area (TPSA) is 81.4 Å². The third-order valence-electron chi connectivity index (χ3n) is 2.12. The van der Waals surface area contributed by atoms with Gasteiger partial charge in [0.25, 0.3) is 0 Å². The molecular weight excluding hydrogens is 224 g/mol. The maximum Gasteiger partial charge on any atom is 0.433 e. The minimum absolute atomic E-state index is 0.0628. The molecular formula is C11H16N2O4. The SMILES string of the molecule is CC(C)(C)CCOC(=O)c1ccnn1C(=O)O. The van der Waals surface area contributed by atoms with Gasteiger partial charge in [-0.25, -0.2) is 9.59 Å². The highest BCUT2D eigenvalue weighted by Crippen LogP contribution is 2.18. The van der Waals surface area contributed by atoms with Crippen LogP contribution in [0.25, 0.3) is 0 Å². The van der Waals surface area contributed by atoms with Crippen LogP contribution >= 0.6 is 0 Å². The predicted octanol–water partition coefficient (Wildman–Crippen LogP) is 2.00. The zero-order valence-corrected chi connectivity index (χ0v) is 10.1. The van der Waals surface area contributed by atoms with Gasteiger partial charge >= 0.3 is 12.1 Å². The molecule has 0 aliphatic heterocycles. The molecule has 0 amide bonds. The number of aromatic nitrogens is 2. The summed E-state index contributed by atoms with van der Waals surface area (Å²) in [5.74, 6) is -0.672. The summed E-state index contributed by atoms with van der Waals surface area (Å²) in [6.07, 6.45) is 0.645. The number of rotatable bonds is 3. The van der Waals surface area contributed by atoms with Gasteiger partial charge in [0, 0.05) is 0 Å². The maximum absolute atomic E-state index is 11.6. The fourth-order valence-corrected chi connectivity index (χ4v) is 1.13. The van der Waals surface area contributed by atoms with E-state index in [1.807, 2.05) is 20.8 Å². The van der Waals surface area contributed by atoms with Crippen molar-refractivity contribution in [2.24, 2.45) is 5.41 Å². The Morgan fingerprint density at radius 2 is 2.12 bits per heavy atom. The van der Waals surface area contributed by atoms with Crippen LogP contribution in [-0.2, 0) is 4.74 Å². The van der Waals surface area contributed by atoms with Crippen molar-refractivity contribution in [3.05, 3.63) is 18.0 Å². The molecule has 0 atom stereocenters. The van der Waals surface area contributed by atoms with Crippen molar-refractivity contribution >= 4 is 12.1 Å². The molecule has 0 aliphatic rings. The van der Waals surface area contributed by atoms with E-state index in [-0.39, 0.29) is 17.7 Å². The molecule has 0 fully saturated rings. The quantitative estimate of drug-likeness (QED) is 0.817. The summed E-state index contributed by atoms with van der Waals surface area (Å²) < 4.78 is 5.59. The minimum atomic E-state index is -1.31. The first-order valence-electron chi connectivity index (χ1n) is 5.26. The first-order chi connectivity index (χ1) is 7.81. The Balaban J connectivity index is 2.59. The van der Waals surface area contributed by atoms with Crippen LogP contribution in [0.1, 0.15) is 37.7 Å². The largest absolute Gasteiger partial charge is 0.463 e. The summed E-state index contributed by atoms with van der Waals surface area (Å²) >= 11 is 0. The molecule has 1 N–H and O–H groups in total. The lowest BCUT2D eigenvalue weighted by atomic mass is 9.93. The molecule has 0 saturated carbocycles. The van der Waals surface area contributed by atoms with Crippen LogP contribution in [0.3, 0.4) is 0 Å². The van der Waals surface area contributed by atoms with Gasteiger partial charge in [0.2, 0.25) is 0 Å². The van der Waals surface area contributed by atoms with E-state index in [1.54, 1.807) is 0 Å². The Hall–Kier alpha value is -1.85. The zero-order chi connectivity index (χ0) is 13.1. The fraction of sp³-hybridized carbons (Fsp3) is 0.545. The van der Waals surface area contributed by atoms with Gasteiger partial charge < -0.3 is 9.84 Å². The molecule has 0 spiro atoms. The second kappa shape index (κ2) is 4.99. The van der Waals surface area contributed by atoms with E-state index in [0.29, 0.717) is 11.1 Å². The van der Waals surface area contributed by atoms with Gasteiger partial charge in [0.1, 0.15) is 0 Å². The highest BCUT2D eigenvalue weighted by Gasteiger charge is 2.18. The van der Waals surface area contributed by atoms with Crippen molar-refractivity contribution in [1.29, 1.82) is 0 Å². The number of ether oxygens (including phenoxy) is 1. The number of carboxylic acid groups (broad SMARTS) is 1. The lowest BCUT2D eigenvalue weighted by Gasteiger charge is -2.17. The lowest BCUT2D eigenvalue weighted by molar-refractivity contribution is 0.0450. The van der Waals surface area contributed by atoms with Crippen molar-refractivity contribution in [3.63, 3.8) is 0 Å². The van der Waals surface area contributed by atoms with Crippen LogP contribution in [0.15, 0.2) is 12.3 Å². The molecule has 1 aromatic rings. The number of carbonyl (C=O) groups is 2. The number of nitrogens with zero attached hydrogens (tertiary/aromatic N) is 2. The van der Waals surface area contributed by atoms with Gasteiger partial charge in [-0.2, -0.15) is 9.78 Å². The summed E-state index contributed by atoms with van der Waals surface area (Å²) in [6, 6.07) is 1.31. The van der Waals surface area contributed by atoms with Crippen LogP contribution in [0, 0.1) is 5.41 Å². The zero-order valence-electron chi connectivity index (χ0n) is 10.1. The highest BCUT2D eigenvalue weighted by molar-refractivity contribution is 5.90. The molecule has 0 unspecified atom stereocenters. The third kappa shape index (κ3) is 3.90. The molecule has 0 saturated heterocycles. The van der Waals surface area contributed by atoms with Crippen LogP contribution in [0.4, 0.5) is 4.79 Å². The Labute approximate surface area is 99.2 Å². The summed E-state index contributed by atoms with van der Waals surface area (Å²) in [5.41, 5.74) is -0.0146. The Kier molecular flexibility index (Phi) is 3.88. The van der Waals surface area contributed by atoms with E-state index in [1.165, 1.54) is 12.3 Å². The predicted molar refractivity (Wildman–Crippen MR) is 60.0 cm³/mol. The molecule has 1 aromatic heterocycles. The van der Waals surface area contributed by atoms with Gasteiger partial charge in [-0.1, -0.05) is 20.8 Å². The molecule has 0 aliphatic carbocycles. The van der Waals surface area contributed by atoms with Crippen molar-refractivity contribution in [1.82, 2.24) is 9.78 Å². The van der Waals surface area contributed by atoms with E-state index in [9.17, 15) is 9.59 Å². The molecule has 94 valence electrons. The van der Waals surface area contributed by atoms with Gasteiger partial charge in [-0.3, -0.25) is 0 Å². The van der Waals surface area contributed by atoms with Crippen LogP contribution in [0.5, 0.6) is 0 Å². The third-order valence-corrected chi connectivity index (χ3v) is 2.12. The van der Waals surface area contributed by atoms with Crippen molar-refractivity contribution in [2.75, 3.05) is 6.61 Å². The molecule has 1 rings (SSSR count). The molecule has 6 nitrogen and oxygen atoms in total. The number of esters is 1. The van der Waals surface area contributed by atoms with Gasteiger partial charge in [0.05, 0.1) is 12.8 Å². The van der Waals surface area contributed by atoms with E-state index < -0.39 is 12.1 Å². The normalized spacial score (nSPS) is 11.2. The Morgan fingerprint density at radius 1 is 1.47 bits per heavy atom. The maximum atomic E-state index is 11.6. The van der Waals surface area contributed by atoms with E-state index in [2.05, 4.69) is 5.10 Å². The van der Waals surface area contributed by atoms with E-state index >= 15 is 0 Å². The second-order valence-electron chi connectivity index (χ2n) is 4.86. The molecule has 0 radical (unpaired) electrons. The number of carbonyl (C=O) groups excluding carboxylic acids is 1. The van der Waals surface area contributed by atoms with Crippen molar-refractivity contribution in [3.8, 4) is 0 Å². The van der Waals surface area contributed by atoms with Gasteiger partial charge in [0.15, 0.2) is 5.69 Å². The van der Waals surface area contributed by atoms with Crippen LogP contribution < -0.4 is 0 Å². The second-order valence-corrected chi connectivity index (χ2v) is 4.86. The smallest absolute Gasteiger partial charge is 0.433 e. The fourth-order valence-electron chi connectivity index (χ4n) is 1.13. The van der Waals surface area contributed by atoms with Gasteiger partial charge in [-0.05, 0) is 17.9 Å².